The van der Waals surface area contributed by atoms with E-state index in [0.29, 0.717) is 6.42 Å². The SMILES string of the molecule is CC(C)(C)c1ccnc(CC(C)(C)c2ccc[nH]c2=O)n1. The predicted molar refractivity (Wildman–Crippen MR) is 84.5 cm³/mol. The summed E-state index contributed by atoms with van der Waals surface area (Å²) in [6.45, 7) is 10.5. The largest absolute Gasteiger partial charge is 0.329 e. The normalized spacial score (nSPS) is 12.4. The highest BCUT2D eigenvalue weighted by Gasteiger charge is 2.26. The minimum atomic E-state index is -0.314. The quantitative estimate of drug-likeness (QED) is 0.943. The van der Waals surface area contributed by atoms with Crippen LogP contribution in [0.4, 0.5) is 0 Å². The molecule has 2 aromatic rings. The Morgan fingerprint density at radius 1 is 1.14 bits per heavy atom. The lowest BCUT2D eigenvalue weighted by Gasteiger charge is -2.24. The minimum absolute atomic E-state index is 0.00788. The van der Waals surface area contributed by atoms with Crippen molar-refractivity contribution in [2.24, 2.45) is 0 Å². The van der Waals surface area contributed by atoms with Crippen molar-refractivity contribution in [3.63, 3.8) is 0 Å². The Labute approximate surface area is 125 Å². The zero-order valence-corrected chi connectivity index (χ0v) is 13.4. The molecule has 0 saturated carbocycles. The maximum atomic E-state index is 12.0. The smallest absolute Gasteiger partial charge is 0.251 e. The van der Waals surface area contributed by atoms with Crippen molar-refractivity contribution < 1.29 is 0 Å². The number of pyridine rings is 1. The second-order valence-corrected chi connectivity index (χ2v) is 7.08. The van der Waals surface area contributed by atoms with Crippen molar-refractivity contribution in [1.29, 1.82) is 0 Å². The van der Waals surface area contributed by atoms with E-state index in [0.717, 1.165) is 17.1 Å². The van der Waals surface area contributed by atoms with Crippen molar-refractivity contribution in [1.82, 2.24) is 15.0 Å². The topological polar surface area (TPSA) is 58.6 Å². The molecule has 0 aliphatic heterocycles. The number of hydrogen-bond acceptors (Lipinski definition) is 3. The van der Waals surface area contributed by atoms with Gasteiger partial charge in [-0.3, -0.25) is 4.79 Å². The predicted octanol–water partition coefficient (Wildman–Crippen LogP) is 2.98. The van der Waals surface area contributed by atoms with E-state index in [1.807, 2.05) is 32.0 Å². The van der Waals surface area contributed by atoms with Gasteiger partial charge in [-0.25, -0.2) is 9.97 Å². The van der Waals surface area contributed by atoms with Crippen LogP contribution in [-0.4, -0.2) is 15.0 Å². The van der Waals surface area contributed by atoms with E-state index in [9.17, 15) is 4.79 Å². The van der Waals surface area contributed by atoms with E-state index in [1.165, 1.54) is 0 Å². The molecule has 4 nitrogen and oxygen atoms in total. The average Bonchev–Trinajstić information content (AvgIpc) is 2.37. The third-order valence-corrected chi connectivity index (χ3v) is 3.62. The molecule has 2 heterocycles. The Kier molecular flexibility index (Phi) is 3.99. The molecule has 0 spiro atoms. The zero-order valence-electron chi connectivity index (χ0n) is 13.4. The van der Waals surface area contributed by atoms with Gasteiger partial charge in [-0.15, -0.1) is 0 Å². The molecule has 1 N–H and O–H groups in total. The van der Waals surface area contributed by atoms with Crippen molar-refractivity contribution in [2.45, 2.75) is 51.9 Å². The summed E-state index contributed by atoms with van der Waals surface area (Å²) >= 11 is 0. The summed E-state index contributed by atoms with van der Waals surface area (Å²) in [5.74, 6) is 0.774. The summed E-state index contributed by atoms with van der Waals surface area (Å²) in [5.41, 5.74) is 1.41. The molecule has 2 aromatic heterocycles. The van der Waals surface area contributed by atoms with Crippen LogP contribution in [0.25, 0.3) is 0 Å². The lowest BCUT2D eigenvalue weighted by molar-refractivity contribution is 0.491. The third kappa shape index (κ3) is 3.57. The Bertz CT molecular complexity index is 681. The van der Waals surface area contributed by atoms with Gasteiger partial charge in [0.25, 0.3) is 5.56 Å². The van der Waals surface area contributed by atoms with Gasteiger partial charge >= 0.3 is 0 Å². The lowest BCUT2D eigenvalue weighted by Crippen LogP contribution is -2.30. The first-order valence-corrected chi connectivity index (χ1v) is 7.21. The van der Waals surface area contributed by atoms with Gasteiger partial charge in [0.15, 0.2) is 0 Å². The highest BCUT2D eigenvalue weighted by Crippen LogP contribution is 2.25. The first-order chi connectivity index (χ1) is 9.70. The number of nitrogens with one attached hydrogen (secondary N) is 1. The maximum absolute atomic E-state index is 12.0. The Balaban J connectivity index is 2.33. The van der Waals surface area contributed by atoms with E-state index in [1.54, 1.807) is 12.4 Å². The molecule has 0 atom stereocenters. The molecule has 0 unspecified atom stereocenters. The van der Waals surface area contributed by atoms with Crippen LogP contribution < -0.4 is 5.56 Å². The molecule has 21 heavy (non-hydrogen) atoms. The molecule has 0 radical (unpaired) electrons. The second kappa shape index (κ2) is 5.43. The Hall–Kier alpha value is -1.97. The summed E-state index contributed by atoms with van der Waals surface area (Å²) in [7, 11) is 0. The molecular weight excluding hydrogens is 262 g/mol. The van der Waals surface area contributed by atoms with Crippen LogP contribution in [0, 0.1) is 0 Å². The fraction of sp³-hybridized carbons (Fsp3) is 0.471. The first kappa shape index (κ1) is 15.4. The highest BCUT2D eigenvalue weighted by atomic mass is 16.1. The van der Waals surface area contributed by atoms with Gasteiger partial charge in [0.2, 0.25) is 0 Å². The van der Waals surface area contributed by atoms with Gasteiger partial charge in [-0.2, -0.15) is 0 Å². The molecule has 4 heteroatoms. The molecule has 0 aliphatic carbocycles. The van der Waals surface area contributed by atoms with Crippen LogP contribution in [0.15, 0.2) is 35.4 Å². The molecule has 0 aromatic carbocycles. The van der Waals surface area contributed by atoms with Crippen LogP contribution >= 0.6 is 0 Å². The number of H-pyrrole nitrogens is 1. The van der Waals surface area contributed by atoms with Crippen molar-refractivity contribution in [3.8, 4) is 0 Å². The molecule has 2 rings (SSSR count). The first-order valence-electron chi connectivity index (χ1n) is 7.21. The number of aromatic nitrogens is 3. The van der Waals surface area contributed by atoms with Crippen molar-refractivity contribution in [3.05, 3.63) is 58.0 Å². The summed E-state index contributed by atoms with van der Waals surface area (Å²) in [5, 5.41) is 0. The van der Waals surface area contributed by atoms with E-state index < -0.39 is 0 Å². The van der Waals surface area contributed by atoms with E-state index in [2.05, 4.69) is 35.7 Å². The van der Waals surface area contributed by atoms with Crippen molar-refractivity contribution in [2.75, 3.05) is 0 Å². The summed E-state index contributed by atoms with van der Waals surface area (Å²) < 4.78 is 0. The molecule has 112 valence electrons. The molecule has 0 saturated heterocycles. The number of rotatable bonds is 3. The van der Waals surface area contributed by atoms with E-state index >= 15 is 0 Å². The zero-order chi connectivity index (χ0) is 15.7. The molecule has 0 aliphatic rings. The van der Waals surface area contributed by atoms with Gasteiger partial charge in [0.05, 0.1) is 0 Å². The molecule has 0 bridgehead atoms. The number of aromatic amines is 1. The van der Waals surface area contributed by atoms with Gasteiger partial charge < -0.3 is 4.98 Å². The third-order valence-electron chi connectivity index (χ3n) is 3.62. The van der Waals surface area contributed by atoms with Gasteiger partial charge in [0, 0.05) is 40.9 Å². The molecule has 0 fully saturated rings. The Morgan fingerprint density at radius 3 is 2.48 bits per heavy atom. The number of nitrogens with zero attached hydrogens (tertiary/aromatic N) is 2. The summed E-state index contributed by atoms with van der Waals surface area (Å²) in [6.07, 6.45) is 4.08. The summed E-state index contributed by atoms with van der Waals surface area (Å²) in [6, 6.07) is 5.67. The maximum Gasteiger partial charge on any atom is 0.251 e. The van der Waals surface area contributed by atoms with Crippen LogP contribution in [0.2, 0.25) is 0 Å². The molecular formula is C17H23N3O. The van der Waals surface area contributed by atoms with Gasteiger partial charge in [-0.1, -0.05) is 40.7 Å². The van der Waals surface area contributed by atoms with Crippen LogP contribution in [0.5, 0.6) is 0 Å². The van der Waals surface area contributed by atoms with Gasteiger partial charge in [0.1, 0.15) is 5.82 Å². The van der Waals surface area contributed by atoms with Crippen LogP contribution in [-0.2, 0) is 17.3 Å². The monoisotopic (exact) mass is 285 g/mol. The van der Waals surface area contributed by atoms with E-state index in [4.69, 9.17) is 0 Å². The van der Waals surface area contributed by atoms with Crippen LogP contribution in [0.3, 0.4) is 0 Å². The fourth-order valence-corrected chi connectivity index (χ4v) is 2.35. The lowest BCUT2D eigenvalue weighted by atomic mass is 9.82. The van der Waals surface area contributed by atoms with Crippen molar-refractivity contribution >= 4 is 0 Å². The fourth-order valence-electron chi connectivity index (χ4n) is 2.35. The number of hydrogen-bond donors (Lipinski definition) is 1. The van der Waals surface area contributed by atoms with E-state index in [-0.39, 0.29) is 16.4 Å². The summed E-state index contributed by atoms with van der Waals surface area (Å²) in [4.78, 5) is 23.7. The van der Waals surface area contributed by atoms with Crippen LogP contribution in [0.1, 0.15) is 51.7 Å². The Morgan fingerprint density at radius 2 is 1.86 bits per heavy atom. The average molecular weight is 285 g/mol. The molecule has 0 amide bonds. The minimum Gasteiger partial charge on any atom is -0.329 e. The van der Waals surface area contributed by atoms with Gasteiger partial charge in [-0.05, 0) is 12.1 Å². The standard InChI is InChI=1S/C17H23N3O/c1-16(2,3)13-8-10-18-14(20-13)11-17(4,5)12-7-6-9-19-15(12)21/h6-10H,11H2,1-5H3,(H,19,21). The highest BCUT2D eigenvalue weighted by molar-refractivity contribution is 5.22. The second-order valence-electron chi connectivity index (χ2n) is 7.08.